The monoisotopic (exact) mass is 440 g/mol. The minimum absolute atomic E-state index is 0.0512. The number of hydrogen-bond acceptors (Lipinski definition) is 8. The highest BCUT2D eigenvalue weighted by Crippen LogP contribution is 2.56. The van der Waals surface area contributed by atoms with Crippen molar-refractivity contribution in [3.63, 3.8) is 0 Å². The van der Waals surface area contributed by atoms with Crippen LogP contribution in [0, 0.1) is 0 Å². The number of aromatic amines is 1. The Labute approximate surface area is 172 Å². The summed E-state index contributed by atoms with van der Waals surface area (Å²) < 4.78 is 27.8. The standard InChI is InChI=1S/C17H21N4O6PS/c1-4-26-28(24,27-5-2)13(16(23)25-3)10-18-17(29)21-20-14-11-8-6-7-9-12(11)19-15(14)22/h6-10,19,22H,4-5H2,1-3H3,(H,18,29)/b13-10+,21-20?. The van der Waals surface area contributed by atoms with Crippen LogP contribution in [0.1, 0.15) is 13.8 Å². The minimum Gasteiger partial charge on any atom is -0.493 e. The second-order valence-corrected chi connectivity index (χ2v) is 7.75. The first kappa shape index (κ1) is 22.7. The molecule has 0 saturated heterocycles. The van der Waals surface area contributed by atoms with Crippen molar-refractivity contribution in [2.75, 3.05) is 20.3 Å². The average Bonchev–Trinajstić information content (AvgIpc) is 3.01. The summed E-state index contributed by atoms with van der Waals surface area (Å²) in [4.78, 5) is 14.8. The van der Waals surface area contributed by atoms with E-state index in [2.05, 4.69) is 25.3 Å². The highest BCUT2D eigenvalue weighted by molar-refractivity contribution is 7.80. The largest absolute Gasteiger partial charge is 0.493 e. The zero-order chi connectivity index (χ0) is 21.4. The van der Waals surface area contributed by atoms with Crippen molar-refractivity contribution in [1.29, 1.82) is 0 Å². The van der Waals surface area contributed by atoms with Gasteiger partial charge in [-0.3, -0.25) is 4.57 Å². The van der Waals surface area contributed by atoms with Crippen LogP contribution in [0.15, 0.2) is 46.0 Å². The van der Waals surface area contributed by atoms with Crippen molar-refractivity contribution in [3.05, 3.63) is 35.8 Å². The van der Waals surface area contributed by atoms with Gasteiger partial charge in [-0.05, 0) is 32.1 Å². The predicted octanol–water partition coefficient (Wildman–Crippen LogP) is 4.11. The van der Waals surface area contributed by atoms with Crippen LogP contribution >= 0.6 is 19.8 Å². The molecule has 0 unspecified atom stereocenters. The summed E-state index contributed by atoms with van der Waals surface area (Å²) in [6.07, 6.45) is 1.05. The maximum Gasteiger partial charge on any atom is 0.370 e. The molecule has 2 aromatic rings. The van der Waals surface area contributed by atoms with Crippen molar-refractivity contribution in [1.82, 2.24) is 10.3 Å². The first-order valence-corrected chi connectivity index (χ1v) is 10.5. The lowest BCUT2D eigenvalue weighted by Gasteiger charge is -2.18. The van der Waals surface area contributed by atoms with E-state index in [9.17, 15) is 14.5 Å². The zero-order valence-corrected chi connectivity index (χ0v) is 17.8. The molecule has 0 aliphatic carbocycles. The van der Waals surface area contributed by atoms with Gasteiger partial charge in [-0.1, -0.05) is 18.2 Å². The third-order valence-electron chi connectivity index (χ3n) is 3.52. The fourth-order valence-electron chi connectivity index (χ4n) is 2.34. The van der Waals surface area contributed by atoms with Gasteiger partial charge in [0.1, 0.15) is 0 Å². The van der Waals surface area contributed by atoms with Gasteiger partial charge in [0, 0.05) is 11.6 Å². The molecular weight excluding hydrogens is 419 g/mol. The SMILES string of the molecule is CCOP(=O)(OCC)/C(=C/NC(=S)N=Nc1c(O)[nH]c2ccccc12)C(=O)OC. The number of hydrogen-bond donors (Lipinski definition) is 3. The molecule has 0 aliphatic rings. The topological polar surface area (TPSA) is 135 Å². The molecule has 1 heterocycles. The number of aromatic nitrogens is 1. The lowest BCUT2D eigenvalue weighted by atomic mass is 10.2. The highest BCUT2D eigenvalue weighted by atomic mass is 32.1. The second kappa shape index (κ2) is 10.3. The minimum atomic E-state index is -3.92. The molecule has 156 valence electrons. The number of carbonyl (C=O) groups is 1. The Bertz CT molecular complexity index is 993. The van der Waals surface area contributed by atoms with Gasteiger partial charge < -0.3 is 29.2 Å². The van der Waals surface area contributed by atoms with E-state index in [1.807, 2.05) is 0 Å². The van der Waals surface area contributed by atoms with Gasteiger partial charge in [-0.2, -0.15) is 0 Å². The Balaban J connectivity index is 2.25. The number of thiocarbonyl (C=S) groups is 1. The van der Waals surface area contributed by atoms with E-state index in [-0.39, 0.29) is 35.2 Å². The number of rotatable bonds is 8. The fraction of sp³-hybridized carbons (Fsp3) is 0.294. The van der Waals surface area contributed by atoms with Crippen molar-refractivity contribution in [2.45, 2.75) is 13.8 Å². The number of azo groups is 1. The Morgan fingerprint density at radius 2 is 1.97 bits per heavy atom. The number of para-hydroxylation sites is 1. The molecule has 0 saturated carbocycles. The van der Waals surface area contributed by atoms with Crippen LogP contribution in [0.2, 0.25) is 0 Å². The van der Waals surface area contributed by atoms with Gasteiger partial charge in [0.25, 0.3) is 0 Å². The molecule has 0 atom stereocenters. The van der Waals surface area contributed by atoms with Gasteiger partial charge in [0.2, 0.25) is 11.0 Å². The number of fused-ring (bicyclic) bond motifs is 1. The van der Waals surface area contributed by atoms with Gasteiger partial charge in [0.05, 0.1) is 25.8 Å². The van der Waals surface area contributed by atoms with Crippen molar-refractivity contribution < 1.29 is 28.3 Å². The fourth-order valence-corrected chi connectivity index (χ4v) is 4.01. The van der Waals surface area contributed by atoms with Crippen LogP contribution in [0.25, 0.3) is 10.9 Å². The van der Waals surface area contributed by atoms with Crippen LogP contribution in [0.5, 0.6) is 5.88 Å². The van der Waals surface area contributed by atoms with E-state index < -0.39 is 13.6 Å². The summed E-state index contributed by atoms with van der Waals surface area (Å²) in [5, 5.41) is 20.4. The first-order valence-electron chi connectivity index (χ1n) is 8.56. The average molecular weight is 440 g/mol. The van der Waals surface area contributed by atoms with E-state index >= 15 is 0 Å². The number of nitrogens with zero attached hydrogens (tertiary/aromatic N) is 2. The first-order chi connectivity index (χ1) is 13.9. The summed E-state index contributed by atoms with van der Waals surface area (Å²) in [7, 11) is -2.78. The molecule has 12 heteroatoms. The van der Waals surface area contributed by atoms with E-state index in [0.29, 0.717) is 10.9 Å². The maximum absolute atomic E-state index is 12.9. The van der Waals surface area contributed by atoms with E-state index in [1.54, 1.807) is 38.1 Å². The lowest BCUT2D eigenvalue weighted by molar-refractivity contribution is -0.135. The van der Waals surface area contributed by atoms with Crippen molar-refractivity contribution in [2.24, 2.45) is 10.2 Å². The maximum atomic E-state index is 12.9. The van der Waals surface area contributed by atoms with Crippen molar-refractivity contribution in [3.8, 4) is 5.88 Å². The molecule has 29 heavy (non-hydrogen) atoms. The summed E-state index contributed by atoms with van der Waals surface area (Å²) in [6.45, 7) is 3.33. The molecule has 0 fully saturated rings. The number of aromatic hydroxyl groups is 1. The summed E-state index contributed by atoms with van der Waals surface area (Å²) in [5.41, 5.74) is 0.885. The van der Waals surface area contributed by atoms with Crippen LogP contribution < -0.4 is 5.32 Å². The van der Waals surface area contributed by atoms with Crippen LogP contribution in [0.3, 0.4) is 0 Å². The number of methoxy groups -OCH3 is 1. The summed E-state index contributed by atoms with van der Waals surface area (Å²) in [5.74, 6) is -1.07. The molecule has 1 aromatic carbocycles. The molecule has 1 aromatic heterocycles. The third-order valence-corrected chi connectivity index (χ3v) is 5.82. The number of nitrogens with one attached hydrogen (secondary N) is 2. The molecule has 0 aliphatic heterocycles. The Morgan fingerprint density at radius 3 is 2.59 bits per heavy atom. The van der Waals surface area contributed by atoms with Gasteiger partial charge in [-0.15, -0.1) is 10.2 Å². The number of ether oxygens (including phenoxy) is 1. The quantitative estimate of drug-likeness (QED) is 0.183. The lowest BCUT2D eigenvalue weighted by Crippen LogP contribution is -2.17. The third kappa shape index (κ3) is 5.48. The molecule has 2 rings (SSSR count). The number of carbonyl (C=O) groups excluding carboxylic acids is 1. The summed E-state index contributed by atoms with van der Waals surface area (Å²) in [6, 6.07) is 7.12. The van der Waals surface area contributed by atoms with Gasteiger partial charge in [-0.25, -0.2) is 4.79 Å². The molecule has 0 radical (unpaired) electrons. The van der Waals surface area contributed by atoms with Crippen LogP contribution in [0.4, 0.5) is 5.69 Å². The molecule has 3 N–H and O–H groups in total. The molecule has 0 spiro atoms. The van der Waals surface area contributed by atoms with Crippen LogP contribution in [-0.2, 0) is 23.1 Å². The van der Waals surface area contributed by atoms with E-state index in [1.165, 1.54) is 0 Å². The van der Waals surface area contributed by atoms with Crippen molar-refractivity contribution >= 4 is 47.5 Å². The van der Waals surface area contributed by atoms with Gasteiger partial charge >= 0.3 is 13.6 Å². The van der Waals surface area contributed by atoms with E-state index in [4.69, 9.17) is 21.3 Å². The number of esters is 1. The summed E-state index contributed by atoms with van der Waals surface area (Å²) >= 11 is 5.06. The smallest absolute Gasteiger partial charge is 0.370 e. The Morgan fingerprint density at radius 1 is 1.31 bits per heavy atom. The molecule has 0 amide bonds. The second-order valence-electron chi connectivity index (χ2n) is 5.37. The highest BCUT2D eigenvalue weighted by Gasteiger charge is 2.36. The molecule has 10 nitrogen and oxygen atoms in total. The van der Waals surface area contributed by atoms with Crippen LogP contribution in [-0.4, -0.2) is 41.5 Å². The van der Waals surface area contributed by atoms with E-state index in [0.717, 1.165) is 13.3 Å². The number of H-pyrrole nitrogens is 1. The molecular formula is C17H21N4O6PS. The Kier molecular flexibility index (Phi) is 8.03. The predicted molar refractivity (Wildman–Crippen MR) is 111 cm³/mol. The zero-order valence-electron chi connectivity index (χ0n) is 16.0. The number of benzene rings is 1. The molecule has 0 bridgehead atoms. The normalized spacial score (nSPS) is 12.4. The van der Waals surface area contributed by atoms with Gasteiger partial charge in [0.15, 0.2) is 11.0 Å². The Hall–Kier alpha value is -2.59.